The molecule has 3 amide bonds. The van der Waals surface area contributed by atoms with E-state index in [1.165, 1.54) is 4.90 Å². The minimum Gasteiger partial charge on any atom is -0.497 e. The molecule has 1 heterocycles. The second-order valence-electron chi connectivity index (χ2n) is 6.72. The molecule has 2 aromatic carbocycles. The van der Waals surface area contributed by atoms with Crippen LogP contribution in [0.4, 0.5) is 11.4 Å². The van der Waals surface area contributed by atoms with Crippen molar-refractivity contribution in [3.05, 3.63) is 54.6 Å². The lowest BCUT2D eigenvalue weighted by Crippen LogP contribution is -2.39. The summed E-state index contributed by atoms with van der Waals surface area (Å²) in [5.74, 6) is -0.449. The lowest BCUT2D eigenvalue weighted by atomic mass is 10.1. The summed E-state index contributed by atoms with van der Waals surface area (Å²) in [5, 5.41) is 2.75. The number of anilines is 2. The zero-order chi connectivity index (χ0) is 20.1. The first-order valence-electron chi connectivity index (χ1n) is 9.02. The van der Waals surface area contributed by atoms with Crippen LogP contribution in [0.15, 0.2) is 54.6 Å². The van der Waals surface area contributed by atoms with E-state index < -0.39 is 5.92 Å². The molecule has 1 fully saturated rings. The number of nitrogens with one attached hydrogen (secondary N) is 1. The molecule has 0 aliphatic carbocycles. The van der Waals surface area contributed by atoms with Crippen molar-refractivity contribution in [1.82, 2.24) is 4.90 Å². The maximum absolute atomic E-state index is 12.7. The Bertz CT molecular complexity index is 869. The van der Waals surface area contributed by atoms with E-state index in [0.717, 1.165) is 0 Å². The number of nitrogens with zero attached hydrogens (tertiary/aromatic N) is 2. The van der Waals surface area contributed by atoms with E-state index in [4.69, 9.17) is 4.74 Å². The summed E-state index contributed by atoms with van der Waals surface area (Å²) >= 11 is 0. The summed E-state index contributed by atoms with van der Waals surface area (Å²) in [6, 6.07) is 16.2. The van der Waals surface area contributed by atoms with Gasteiger partial charge in [-0.3, -0.25) is 14.4 Å². The van der Waals surface area contributed by atoms with E-state index in [2.05, 4.69) is 5.32 Å². The minimum atomic E-state index is -0.478. The summed E-state index contributed by atoms with van der Waals surface area (Å²) in [7, 11) is 3.14. The van der Waals surface area contributed by atoms with Crippen LogP contribution in [-0.2, 0) is 14.4 Å². The topological polar surface area (TPSA) is 79.0 Å². The van der Waals surface area contributed by atoms with Crippen LogP contribution in [0.1, 0.15) is 6.42 Å². The van der Waals surface area contributed by atoms with E-state index in [9.17, 15) is 14.4 Å². The number of methoxy groups -OCH3 is 1. The van der Waals surface area contributed by atoms with Gasteiger partial charge in [-0.15, -0.1) is 0 Å². The molecule has 0 spiro atoms. The fourth-order valence-corrected chi connectivity index (χ4v) is 3.23. The number of likely N-dealkylation sites (N-methyl/N-ethyl adjacent to an activating group) is 1. The quantitative estimate of drug-likeness (QED) is 0.832. The minimum absolute atomic E-state index is 0.0718. The molecule has 28 heavy (non-hydrogen) atoms. The zero-order valence-corrected chi connectivity index (χ0v) is 15.9. The number of carbonyl (C=O) groups is 3. The molecule has 0 saturated carbocycles. The Labute approximate surface area is 163 Å². The van der Waals surface area contributed by atoms with Crippen molar-refractivity contribution in [2.24, 2.45) is 5.92 Å². The van der Waals surface area contributed by atoms with E-state index in [1.54, 1.807) is 49.4 Å². The summed E-state index contributed by atoms with van der Waals surface area (Å²) in [6.45, 7) is 0.215. The van der Waals surface area contributed by atoms with Crippen molar-refractivity contribution in [3.8, 4) is 5.75 Å². The number of amides is 3. The number of para-hydroxylation sites is 1. The van der Waals surface area contributed by atoms with Crippen LogP contribution in [0.5, 0.6) is 5.75 Å². The molecular formula is C21H23N3O4. The van der Waals surface area contributed by atoms with Crippen molar-refractivity contribution >= 4 is 29.1 Å². The molecule has 0 bridgehead atoms. The maximum atomic E-state index is 12.7. The smallest absolute Gasteiger partial charge is 0.243 e. The van der Waals surface area contributed by atoms with Crippen molar-refractivity contribution in [2.45, 2.75) is 6.42 Å². The van der Waals surface area contributed by atoms with E-state index in [1.807, 2.05) is 24.3 Å². The molecule has 7 nitrogen and oxygen atoms in total. The van der Waals surface area contributed by atoms with Gasteiger partial charge >= 0.3 is 0 Å². The Balaban J connectivity index is 1.59. The molecule has 0 aromatic heterocycles. The van der Waals surface area contributed by atoms with Gasteiger partial charge in [0.15, 0.2) is 0 Å². The van der Waals surface area contributed by atoms with Crippen LogP contribution >= 0.6 is 0 Å². The van der Waals surface area contributed by atoms with Gasteiger partial charge < -0.3 is 19.9 Å². The molecule has 1 N–H and O–H groups in total. The summed E-state index contributed by atoms with van der Waals surface area (Å²) in [4.78, 5) is 40.3. The SMILES string of the molecule is COc1cccc(N2CC(C(=O)N(C)CC(=O)Nc3ccccc3)CC2=O)c1. The van der Waals surface area contributed by atoms with Crippen LogP contribution in [0, 0.1) is 5.92 Å². The third kappa shape index (κ3) is 4.49. The van der Waals surface area contributed by atoms with Crippen molar-refractivity contribution in [3.63, 3.8) is 0 Å². The van der Waals surface area contributed by atoms with Gasteiger partial charge in [0.05, 0.1) is 19.6 Å². The first kappa shape index (κ1) is 19.4. The normalized spacial score (nSPS) is 16.0. The highest BCUT2D eigenvalue weighted by molar-refractivity contribution is 6.01. The molecule has 146 valence electrons. The van der Waals surface area contributed by atoms with E-state index in [0.29, 0.717) is 17.1 Å². The third-order valence-electron chi connectivity index (χ3n) is 4.65. The maximum Gasteiger partial charge on any atom is 0.243 e. The molecule has 7 heteroatoms. The van der Waals surface area contributed by atoms with Gasteiger partial charge in [-0.25, -0.2) is 0 Å². The molecule has 1 aliphatic rings. The lowest BCUT2D eigenvalue weighted by molar-refractivity contribution is -0.137. The van der Waals surface area contributed by atoms with Gasteiger partial charge in [-0.1, -0.05) is 24.3 Å². The Hall–Kier alpha value is -3.35. The van der Waals surface area contributed by atoms with Crippen LogP contribution in [-0.4, -0.2) is 49.9 Å². The molecule has 1 aliphatic heterocycles. The number of ether oxygens (including phenoxy) is 1. The van der Waals surface area contributed by atoms with Crippen molar-refractivity contribution in [2.75, 3.05) is 37.5 Å². The number of hydrogen-bond acceptors (Lipinski definition) is 4. The fraction of sp³-hybridized carbons (Fsp3) is 0.286. The summed E-state index contributed by atoms with van der Waals surface area (Å²) in [5.41, 5.74) is 1.37. The predicted octanol–water partition coefficient (Wildman–Crippen LogP) is 2.15. The van der Waals surface area contributed by atoms with Crippen molar-refractivity contribution < 1.29 is 19.1 Å². The molecule has 2 aromatic rings. The van der Waals surface area contributed by atoms with Crippen LogP contribution in [0.2, 0.25) is 0 Å². The number of rotatable bonds is 6. The molecule has 3 rings (SSSR count). The molecule has 0 radical (unpaired) electrons. The number of benzene rings is 2. The van der Waals surface area contributed by atoms with Crippen LogP contribution < -0.4 is 15.0 Å². The molecule has 1 unspecified atom stereocenters. The third-order valence-corrected chi connectivity index (χ3v) is 4.65. The molecule has 1 atom stereocenters. The second-order valence-corrected chi connectivity index (χ2v) is 6.72. The highest BCUT2D eigenvalue weighted by atomic mass is 16.5. The monoisotopic (exact) mass is 381 g/mol. The van der Waals surface area contributed by atoms with Gasteiger partial charge in [0.2, 0.25) is 17.7 Å². The highest BCUT2D eigenvalue weighted by Crippen LogP contribution is 2.28. The average molecular weight is 381 g/mol. The lowest BCUT2D eigenvalue weighted by Gasteiger charge is -2.21. The molecule has 1 saturated heterocycles. The number of hydrogen-bond donors (Lipinski definition) is 1. The Morgan fingerprint density at radius 1 is 1.18 bits per heavy atom. The van der Waals surface area contributed by atoms with Gasteiger partial charge in [0.1, 0.15) is 5.75 Å². The first-order chi connectivity index (χ1) is 13.5. The average Bonchev–Trinajstić information content (AvgIpc) is 3.09. The zero-order valence-electron chi connectivity index (χ0n) is 15.9. The Morgan fingerprint density at radius 2 is 1.93 bits per heavy atom. The van der Waals surface area contributed by atoms with Crippen molar-refractivity contribution in [1.29, 1.82) is 0 Å². The Kier molecular flexibility index (Phi) is 5.93. The number of carbonyl (C=O) groups excluding carboxylic acids is 3. The van der Waals surface area contributed by atoms with Crippen LogP contribution in [0.25, 0.3) is 0 Å². The van der Waals surface area contributed by atoms with Gasteiger partial charge in [-0.05, 0) is 24.3 Å². The van der Waals surface area contributed by atoms with Gasteiger partial charge in [-0.2, -0.15) is 0 Å². The highest BCUT2D eigenvalue weighted by Gasteiger charge is 2.36. The largest absolute Gasteiger partial charge is 0.497 e. The van der Waals surface area contributed by atoms with Gasteiger partial charge in [0.25, 0.3) is 0 Å². The summed E-state index contributed by atoms with van der Waals surface area (Å²) < 4.78 is 5.20. The second kappa shape index (κ2) is 8.56. The summed E-state index contributed by atoms with van der Waals surface area (Å²) in [6.07, 6.45) is 0.126. The van der Waals surface area contributed by atoms with Crippen LogP contribution in [0.3, 0.4) is 0 Å². The fourth-order valence-electron chi connectivity index (χ4n) is 3.23. The molecular weight excluding hydrogens is 358 g/mol. The first-order valence-corrected chi connectivity index (χ1v) is 9.02. The predicted molar refractivity (Wildman–Crippen MR) is 106 cm³/mol. The van der Waals surface area contributed by atoms with E-state index in [-0.39, 0.29) is 37.2 Å². The Morgan fingerprint density at radius 3 is 2.64 bits per heavy atom. The van der Waals surface area contributed by atoms with E-state index >= 15 is 0 Å². The van der Waals surface area contributed by atoms with Gasteiger partial charge in [0, 0.05) is 37.5 Å². The standard InChI is InChI=1S/C21H23N3O4/c1-23(14-19(25)22-16-7-4-3-5-8-16)21(27)15-11-20(26)24(13-15)17-9-6-10-18(12-17)28-2/h3-10,12,15H,11,13-14H2,1-2H3,(H,22,25).